The van der Waals surface area contributed by atoms with E-state index in [-0.39, 0.29) is 17.9 Å². The van der Waals surface area contributed by atoms with Crippen LogP contribution in [-0.4, -0.2) is 6.36 Å². The summed E-state index contributed by atoms with van der Waals surface area (Å²) in [5, 5.41) is 0. The van der Waals surface area contributed by atoms with E-state index >= 15 is 0 Å². The first kappa shape index (κ1) is 20.6. The summed E-state index contributed by atoms with van der Waals surface area (Å²) in [5.74, 6) is -3.83. The summed E-state index contributed by atoms with van der Waals surface area (Å²) < 4.78 is 69.2. The summed E-state index contributed by atoms with van der Waals surface area (Å²) >= 11 is 0. The Labute approximate surface area is 161 Å². The van der Waals surface area contributed by atoms with Gasteiger partial charge in [0.2, 0.25) is 5.75 Å². The lowest BCUT2D eigenvalue weighted by Crippen LogP contribution is -2.21. The van der Waals surface area contributed by atoms with Crippen molar-refractivity contribution in [3.63, 3.8) is 0 Å². The number of benzene rings is 2. The molecule has 1 aliphatic rings. The van der Waals surface area contributed by atoms with Gasteiger partial charge in [0, 0.05) is 0 Å². The Kier molecular flexibility index (Phi) is 6.26. The topological polar surface area (TPSA) is 9.23 Å². The second kappa shape index (κ2) is 8.50. The van der Waals surface area contributed by atoms with Crippen LogP contribution >= 0.6 is 0 Å². The first-order valence-corrected chi connectivity index (χ1v) is 9.62. The van der Waals surface area contributed by atoms with E-state index in [0.29, 0.717) is 18.4 Å². The maximum Gasteiger partial charge on any atom is 0.573 e. The Morgan fingerprint density at radius 2 is 1.79 bits per heavy atom. The van der Waals surface area contributed by atoms with Gasteiger partial charge in [0.1, 0.15) is 0 Å². The molecule has 0 aliphatic heterocycles. The Morgan fingerprint density at radius 3 is 2.43 bits per heavy atom. The van der Waals surface area contributed by atoms with Crippen LogP contribution in [0.3, 0.4) is 0 Å². The van der Waals surface area contributed by atoms with Gasteiger partial charge in [-0.1, -0.05) is 44.0 Å². The molecule has 6 heteroatoms. The lowest BCUT2D eigenvalue weighted by Gasteiger charge is -2.26. The van der Waals surface area contributed by atoms with Crippen LogP contribution < -0.4 is 4.74 Å². The highest BCUT2D eigenvalue weighted by atomic mass is 19.4. The predicted molar refractivity (Wildman–Crippen MR) is 97.5 cm³/mol. The molecule has 0 saturated carbocycles. The molecule has 1 atom stereocenters. The van der Waals surface area contributed by atoms with Crippen LogP contribution in [-0.2, 0) is 19.3 Å². The molecular weight excluding hydrogens is 375 g/mol. The molecule has 28 heavy (non-hydrogen) atoms. The zero-order chi connectivity index (χ0) is 20.3. The maximum absolute atomic E-state index is 14.4. The molecule has 1 aliphatic carbocycles. The Morgan fingerprint density at radius 1 is 1.07 bits per heavy atom. The van der Waals surface area contributed by atoms with Crippen molar-refractivity contribution in [2.75, 3.05) is 0 Å². The number of unbranched alkanes of at least 4 members (excludes halogenated alkanes) is 2. The highest BCUT2D eigenvalue weighted by Crippen LogP contribution is 2.39. The summed E-state index contributed by atoms with van der Waals surface area (Å²) in [6.07, 6.45) is 0.639. The molecule has 0 bridgehead atoms. The monoisotopic (exact) mass is 398 g/mol. The SMILES string of the molecule is CCCCCc1ccc(C2CCc3c(cc(F)c(OC(F)(F)F)c3F)C2)cc1. The molecule has 2 aromatic carbocycles. The molecule has 0 radical (unpaired) electrons. The van der Waals surface area contributed by atoms with Gasteiger partial charge in [-0.25, -0.2) is 8.78 Å². The fourth-order valence-corrected chi connectivity index (χ4v) is 3.86. The second-order valence-electron chi connectivity index (χ2n) is 7.33. The minimum Gasteiger partial charge on any atom is -0.399 e. The van der Waals surface area contributed by atoms with E-state index in [2.05, 4.69) is 23.8 Å². The summed E-state index contributed by atoms with van der Waals surface area (Å²) in [7, 11) is 0. The van der Waals surface area contributed by atoms with E-state index in [1.165, 1.54) is 18.4 Å². The quantitative estimate of drug-likeness (QED) is 0.381. The van der Waals surface area contributed by atoms with Gasteiger partial charge in [0.05, 0.1) is 0 Å². The van der Waals surface area contributed by atoms with E-state index in [9.17, 15) is 22.0 Å². The molecule has 0 heterocycles. The van der Waals surface area contributed by atoms with Gasteiger partial charge < -0.3 is 4.74 Å². The summed E-state index contributed by atoms with van der Waals surface area (Å²) in [6, 6.07) is 9.24. The van der Waals surface area contributed by atoms with Crippen LogP contribution in [0.4, 0.5) is 22.0 Å². The molecule has 0 fully saturated rings. The van der Waals surface area contributed by atoms with Gasteiger partial charge >= 0.3 is 6.36 Å². The van der Waals surface area contributed by atoms with Gasteiger partial charge in [0.25, 0.3) is 0 Å². The van der Waals surface area contributed by atoms with Crippen molar-refractivity contribution in [2.45, 2.75) is 64.1 Å². The Bertz CT molecular complexity index is 811. The first-order valence-electron chi connectivity index (χ1n) is 9.62. The zero-order valence-electron chi connectivity index (χ0n) is 15.7. The standard InChI is InChI=1S/C22H23F5O/c1-2-3-4-5-14-6-8-15(9-7-14)16-10-11-18-17(12-16)13-19(23)21(20(18)24)28-22(25,26)27/h6-9,13,16H,2-5,10-12H2,1H3. The smallest absolute Gasteiger partial charge is 0.399 e. The first-order chi connectivity index (χ1) is 13.3. The van der Waals surface area contributed by atoms with Crippen molar-refractivity contribution in [2.24, 2.45) is 0 Å². The molecule has 0 saturated heterocycles. The molecule has 152 valence electrons. The average Bonchev–Trinajstić information content (AvgIpc) is 2.65. The van der Waals surface area contributed by atoms with Gasteiger partial charge in [-0.2, -0.15) is 0 Å². The molecule has 1 unspecified atom stereocenters. The third kappa shape index (κ3) is 4.83. The Balaban J connectivity index is 1.76. The predicted octanol–water partition coefficient (Wildman–Crippen LogP) is 6.87. The van der Waals surface area contributed by atoms with E-state index in [4.69, 9.17) is 0 Å². The largest absolute Gasteiger partial charge is 0.573 e. The van der Waals surface area contributed by atoms with Crippen LogP contribution in [0.15, 0.2) is 30.3 Å². The van der Waals surface area contributed by atoms with E-state index < -0.39 is 23.7 Å². The summed E-state index contributed by atoms with van der Waals surface area (Å²) in [4.78, 5) is 0. The minimum absolute atomic E-state index is 0.0883. The van der Waals surface area contributed by atoms with Crippen LogP contribution in [0, 0.1) is 11.6 Å². The number of fused-ring (bicyclic) bond motifs is 1. The van der Waals surface area contributed by atoms with E-state index in [1.54, 1.807) is 0 Å². The van der Waals surface area contributed by atoms with Gasteiger partial charge in [0.15, 0.2) is 11.6 Å². The van der Waals surface area contributed by atoms with Crippen molar-refractivity contribution < 1.29 is 26.7 Å². The van der Waals surface area contributed by atoms with Gasteiger partial charge in [-0.15, -0.1) is 13.2 Å². The summed E-state index contributed by atoms with van der Waals surface area (Å²) in [6.45, 7) is 2.16. The van der Waals surface area contributed by atoms with Crippen LogP contribution in [0.5, 0.6) is 5.75 Å². The minimum atomic E-state index is -5.13. The second-order valence-corrected chi connectivity index (χ2v) is 7.33. The van der Waals surface area contributed by atoms with Crippen LogP contribution in [0.25, 0.3) is 0 Å². The van der Waals surface area contributed by atoms with Gasteiger partial charge in [-0.05, 0) is 66.3 Å². The highest BCUT2D eigenvalue weighted by molar-refractivity contribution is 5.42. The number of rotatable bonds is 6. The normalized spacial score (nSPS) is 16.7. The molecule has 0 amide bonds. The highest BCUT2D eigenvalue weighted by Gasteiger charge is 2.36. The molecule has 0 N–H and O–H groups in total. The third-order valence-electron chi connectivity index (χ3n) is 5.32. The average molecular weight is 398 g/mol. The van der Waals surface area contributed by atoms with Crippen LogP contribution in [0.1, 0.15) is 60.8 Å². The molecule has 3 rings (SSSR count). The lowest BCUT2D eigenvalue weighted by atomic mass is 9.79. The fraction of sp³-hybridized carbons (Fsp3) is 0.455. The molecular formula is C22H23F5O. The lowest BCUT2D eigenvalue weighted by molar-refractivity contribution is -0.276. The van der Waals surface area contributed by atoms with Crippen molar-refractivity contribution in [1.29, 1.82) is 0 Å². The van der Waals surface area contributed by atoms with Crippen molar-refractivity contribution in [3.8, 4) is 5.75 Å². The zero-order valence-corrected chi connectivity index (χ0v) is 15.7. The number of hydrogen-bond donors (Lipinski definition) is 0. The van der Waals surface area contributed by atoms with E-state index in [0.717, 1.165) is 24.5 Å². The van der Waals surface area contributed by atoms with E-state index in [1.807, 2.05) is 12.1 Å². The maximum atomic E-state index is 14.4. The molecule has 1 nitrogen and oxygen atoms in total. The van der Waals surface area contributed by atoms with Crippen molar-refractivity contribution in [3.05, 3.63) is 64.2 Å². The number of ether oxygens (including phenoxy) is 1. The number of hydrogen-bond acceptors (Lipinski definition) is 1. The number of aryl methyl sites for hydroxylation is 1. The molecule has 0 aromatic heterocycles. The molecule has 0 spiro atoms. The van der Waals surface area contributed by atoms with Crippen molar-refractivity contribution >= 4 is 0 Å². The Hall–Kier alpha value is -2.11. The van der Waals surface area contributed by atoms with Crippen LogP contribution in [0.2, 0.25) is 0 Å². The van der Waals surface area contributed by atoms with Gasteiger partial charge in [-0.3, -0.25) is 0 Å². The third-order valence-corrected chi connectivity index (χ3v) is 5.32. The molecule has 2 aromatic rings. The number of alkyl halides is 3. The summed E-state index contributed by atoms with van der Waals surface area (Å²) in [5.41, 5.74) is 2.88. The fourth-order valence-electron chi connectivity index (χ4n) is 3.86. The number of halogens is 5. The van der Waals surface area contributed by atoms with Crippen molar-refractivity contribution in [1.82, 2.24) is 0 Å².